The van der Waals surface area contributed by atoms with E-state index in [2.05, 4.69) is 40.4 Å². The first-order valence-corrected chi connectivity index (χ1v) is 14.3. The molecule has 3 aliphatic rings. The Balaban J connectivity index is 1.41. The fraction of sp³-hybridized carbons (Fsp3) is 0.926. The first kappa shape index (κ1) is 29.0. The van der Waals surface area contributed by atoms with Gasteiger partial charge in [-0.15, -0.1) is 0 Å². The average Bonchev–Trinajstić information content (AvgIpc) is 2.80. The van der Waals surface area contributed by atoms with Crippen LogP contribution in [0, 0.1) is 17.8 Å². The number of fused-ring (bicyclic) bond motifs is 1. The zero-order valence-electron chi connectivity index (χ0n) is 23.5. The second kappa shape index (κ2) is 13.3. The maximum Gasteiger partial charge on any atom is 0.410 e. The Hall–Kier alpha value is -1.58. The lowest BCUT2D eigenvalue weighted by Gasteiger charge is -2.41. The lowest BCUT2D eigenvalue weighted by molar-refractivity contribution is 0.0296. The number of nitrogens with one attached hydrogen (secondary N) is 5. The van der Waals surface area contributed by atoms with Crippen molar-refractivity contribution in [1.82, 2.24) is 31.5 Å². The third-order valence-corrected chi connectivity index (χ3v) is 7.96. The van der Waals surface area contributed by atoms with Crippen molar-refractivity contribution in [3.63, 3.8) is 0 Å². The largest absolute Gasteiger partial charge is 0.444 e. The van der Waals surface area contributed by atoms with Crippen LogP contribution in [0.25, 0.3) is 0 Å². The van der Waals surface area contributed by atoms with Crippen molar-refractivity contribution in [2.75, 3.05) is 20.1 Å². The van der Waals surface area contributed by atoms with E-state index in [1.54, 1.807) is 11.9 Å². The quantitative estimate of drug-likeness (QED) is 0.320. The molecule has 1 saturated heterocycles. The molecule has 0 radical (unpaired) electrons. The molecule has 2 saturated carbocycles. The van der Waals surface area contributed by atoms with Gasteiger partial charge in [-0.2, -0.15) is 0 Å². The molecule has 0 aromatic rings. The SMILES string of the molecule is CC(C)C1CC(NCCCN(C)C(=O)OC(C)(C)C)NC(NC(=O)NC2CCC3CCCCC3C2)N1. The van der Waals surface area contributed by atoms with Gasteiger partial charge >= 0.3 is 12.1 Å². The lowest BCUT2D eigenvalue weighted by atomic mass is 9.69. The van der Waals surface area contributed by atoms with Crippen LogP contribution in [-0.2, 0) is 4.74 Å². The first-order chi connectivity index (χ1) is 17.0. The molecule has 6 atom stereocenters. The summed E-state index contributed by atoms with van der Waals surface area (Å²) in [5, 5.41) is 17.0. The van der Waals surface area contributed by atoms with Crippen LogP contribution < -0.4 is 26.6 Å². The van der Waals surface area contributed by atoms with E-state index >= 15 is 0 Å². The second-order valence-corrected chi connectivity index (χ2v) is 12.5. The number of amides is 3. The minimum atomic E-state index is -0.488. The summed E-state index contributed by atoms with van der Waals surface area (Å²) in [6.45, 7) is 11.4. The summed E-state index contributed by atoms with van der Waals surface area (Å²) in [4.78, 5) is 26.6. The molecule has 1 aliphatic heterocycles. The second-order valence-electron chi connectivity index (χ2n) is 12.5. The van der Waals surface area contributed by atoms with Gasteiger partial charge in [-0.05, 0) is 77.2 Å². The van der Waals surface area contributed by atoms with Gasteiger partial charge in [0.25, 0.3) is 0 Å². The molecule has 3 rings (SSSR count). The van der Waals surface area contributed by atoms with Gasteiger partial charge in [-0.3, -0.25) is 10.6 Å². The summed E-state index contributed by atoms with van der Waals surface area (Å²) in [5.41, 5.74) is -0.488. The monoisotopic (exact) mass is 508 g/mol. The minimum Gasteiger partial charge on any atom is -0.444 e. The number of carbonyl (C=O) groups excluding carboxylic acids is 2. The Labute approximate surface area is 218 Å². The summed E-state index contributed by atoms with van der Waals surface area (Å²) in [6, 6.07) is 0.474. The Bertz CT molecular complexity index is 712. The molecule has 0 aromatic carbocycles. The highest BCUT2D eigenvalue weighted by Gasteiger charge is 2.34. The molecule has 3 amide bonds. The highest BCUT2D eigenvalue weighted by molar-refractivity contribution is 5.74. The van der Waals surface area contributed by atoms with Gasteiger partial charge in [-0.1, -0.05) is 39.5 Å². The number of nitrogens with zero attached hydrogens (tertiary/aromatic N) is 1. The third-order valence-electron chi connectivity index (χ3n) is 7.96. The Morgan fingerprint density at radius 3 is 2.42 bits per heavy atom. The van der Waals surface area contributed by atoms with E-state index in [1.807, 2.05) is 20.8 Å². The molecule has 0 spiro atoms. The molecule has 9 heteroatoms. The van der Waals surface area contributed by atoms with Gasteiger partial charge in [0, 0.05) is 25.7 Å². The van der Waals surface area contributed by atoms with E-state index in [0.29, 0.717) is 12.5 Å². The number of carbonyl (C=O) groups is 2. The van der Waals surface area contributed by atoms with E-state index in [1.165, 1.54) is 32.1 Å². The predicted octanol–water partition coefficient (Wildman–Crippen LogP) is 3.71. The van der Waals surface area contributed by atoms with Crippen LogP contribution in [0.15, 0.2) is 0 Å². The Kier molecular flexibility index (Phi) is 10.7. The zero-order valence-corrected chi connectivity index (χ0v) is 23.5. The summed E-state index contributed by atoms with van der Waals surface area (Å²) < 4.78 is 5.42. The van der Waals surface area contributed by atoms with Crippen LogP contribution in [0.2, 0.25) is 0 Å². The zero-order chi connectivity index (χ0) is 26.3. The van der Waals surface area contributed by atoms with Gasteiger partial charge < -0.3 is 25.6 Å². The molecule has 1 heterocycles. The van der Waals surface area contributed by atoms with E-state index in [9.17, 15) is 9.59 Å². The van der Waals surface area contributed by atoms with E-state index in [-0.39, 0.29) is 36.7 Å². The standard InChI is InChI=1S/C27H52N6O3/c1-18(2)22-17-23(28-14-9-15-33(6)26(35)36-27(3,4)5)31-24(30-22)32-25(34)29-21-13-12-19-10-7-8-11-20(19)16-21/h18-24,28,30-31H,7-17H2,1-6H3,(H2,29,32,34). The van der Waals surface area contributed by atoms with Crippen molar-refractivity contribution in [2.24, 2.45) is 17.8 Å². The van der Waals surface area contributed by atoms with Gasteiger partial charge in [-0.25, -0.2) is 9.59 Å². The molecule has 0 aromatic heterocycles. The van der Waals surface area contributed by atoms with Crippen LogP contribution in [0.3, 0.4) is 0 Å². The van der Waals surface area contributed by atoms with Gasteiger partial charge in [0.15, 0.2) is 0 Å². The van der Waals surface area contributed by atoms with Crippen LogP contribution in [0.4, 0.5) is 9.59 Å². The number of hydrogen-bond donors (Lipinski definition) is 5. The highest BCUT2D eigenvalue weighted by Crippen LogP contribution is 2.40. The van der Waals surface area contributed by atoms with Crippen molar-refractivity contribution < 1.29 is 14.3 Å². The molecule has 36 heavy (non-hydrogen) atoms. The first-order valence-electron chi connectivity index (χ1n) is 14.3. The van der Waals surface area contributed by atoms with E-state index < -0.39 is 5.60 Å². The summed E-state index contributed by atoms with van der Waals surface area (Å²) in [7, 11) is 1.77. The average molecular weight is 509 g/mol. The van der Waals surface area contributed by atoms with Crippen molar-refractivity contribution in [1.29, 1.82) is 0 Å². The topological polar surface area (TPSA) is 107 Å². The molecule has 5 N–H and O–H groups in total. The van der Waals surface area contributed by atoms with Crippen molar-refractivity contribution >= 4 is 12.1 Å². The highest BCUT2D eigenvalue weighted by atomic mass is 16.6. The number of rotatable bonds is 8. The number of hydrogen-bond acceptors (Lipinski definition) is 6. The van der Waals surface area contributed by atoms with Gasteiger partial charge in [0.05, 0.1) is 6.17 Å². The molecule has 9 nitrogen and oxygen atoms in total. The summed E-state index contributed by atoms with van der Waals surface area (Å²) in [5.74, 6) is 2.12. The number of urea groups is 1. The van der Waals surface area contributed by atoms with Crippen molar-refractivity contribution in [2.45, 2.75) is 123 Å². The summed E-state index contributed by atoms with van der Waals surface area (Å²) >= 11 is 0. The molecular weight excluding hydrogens is 456 g/mol. The van der Waals surface area contributed by atoms with Crippen molar-refractivity contribution in [3.05, 3.63) is 0 Å². The Morgan fingerprint density at radius 2 is 1.72 bits per heavy atom. The lowest BCUT2D eigenvalue weighted by Crippen LogP contribution is -2.69. The molecule has 6 unspecified atom stereocenters. The molecular formula is C27H52N6O3. The molecule has 208 valence electrons. The third kappa shape index (κ3) is 9.38. The maximum atomic E-state index is 12.8. The molecule has 3 fully saturated rings. The van der Waals surface area contributed by atoms with E-state index in [0.717, 1.165) is 44.1 Å². The fourth-order valence-corrected chi connectivity index (χ4v) is 5.93. The van der Waals surface area contributed by atoms with Crippen LogP contribution in [0.1, 0.15) is 92.4 Å². The van der Waals surface area contributed by atoms with Crippen molar-refractivity contribution in [3.8, 4) is 0 Å². The number of ether oxygens (including phenoxy) is 1. The predicted molar refractivity (Wildman–Crippen MR) is 143 cm³/mol. The van der Waals surface area contributed by atoms with Crippen LogP contribution >= 0.6 is 0 Å². The van der Waals surface area contributed by atoms with Crippen LogP contribution in [-0.4, -0.2) is 67.3 Å². The van der Waals surface area contributed by atoms with Gasteiger partial charge in [0.1, 0.15) is 11.9 Å². The minimum absolute atomic E-state index is 0.0773. The summed E-state index contributed by atoms with van der Waals surface area (Å²) in [6.07, 6.45) is 10.1. The maximum absolute atomic E-state index is 12.8. The van der Waals surface area contributed by atoms with Crippen LogP contribution in [0.5, 0.6) is 0 Å². The normalized spacial score (nSPS) is 30.9. The molecule has 2 aliphatic carbocycles. The Morgan fingerprint density at radius 1 is 1.00 bits per heavy atom. The van der Waals surface area contributed by atoms with E-state index in [4.69, 9.17) is 4.74 Å². The fourth-order valence-electron chi connectivity index (χ4n) is 5.93. The van der Waals surface area contributed by atoms with Gasteiger partial charge in [0.2, 0.25) is 0 Å². The smallest absolute Gasteiger partial charge is 0.410 e. The molecule has 0 bridgehead atoms.